The first kappa shape index (κ1) is 14.5. The third-order valence-corrected chi connectivity index (χ3v) is 3.65. The number of carbonyl (C=O) groups is 1. The molecule has 4 heteroatoms. The van der Waals surface area contributed by atoms with Crippen LogP contribution < -0.4 is 5.32 Å². The molecular formula is C18H13N2OSe. The molecule has 0 aliphatic heterocycles. The van der Waals surface area contributed by atoms with Gasteiger partial charge in [-0.2, -0.15) is 0 Å². The summed E-state index contributed by atoms with van der Waals surface area (Å²) in [5, 5.41) is 4.93. The Hall–Kier alpha value is -2.42. The van der Waals surface area contributed by atoms with Gasteiger partial charge in [-0.15, -0.1) is 0 Å². The van der Waals surface area contributed by atoms with E-state index in [4.69, 9.17) is 0 Å². The summed E-state index contributed by atoms with van der Waals surface area (Å²) in [6, 6.07) is 23.0. The van der Waals surface area contributed by atoms with Crippen LogP contribution >= 0.6 is 0 Å². The zero-order valence-corrected chi connectivity index (χ0v) is 13.4. The van der Waals surface area contributed by atoms with Crippen molar-refractivity contribution in [3.8, 4) is 0 Å². The Morgan fingerprint density at radius 2 is 1.55 bits per heavy atom. The van der Waals surface area contributed by atoms with Crippen LogP contribution in [0.4, 0.5) is 5.69 Å². The number of rotatable bonds is 2. The molecule has 0 heterocycles. The predicted molar refractivity (Wildman–Crippen MR) is 90.7 cm³/mol. The fourth-order valence-corrected chi connectivity index (χ4v) is 2.60. The topological polar surface area (TPSA) is 41.5 Å². The second-order valence-electron chi connectivity index (χ2n) is 4.74. The molecular weight excluding hydrogens is 339 g/mol. The van der Waals surface area contributed by atoms with Crippen LogP contribution in [0.2, 0.25) is 0 Å². The van der Waals surface area contributed by atoms with E-state index in [0.717, 1.165) is 16.5 Å². The predicted octanol–water partition coefficient (Wildman–Crippen LogP) is 3.43. The van der Waals surface area contributed by atoms with Crippen molar-refractivity contribution in [1.82, 2.24) is 5.32 Å². The van der Waals surface area contributed by atoms with Crippen LogP contribution in [0.25, 0.3) is 10.8 Å². The maximum absolute atomic E-state index is 12.1. The van der Waals surface area contributed by atoms with Gasteiger partial charge in [-0.1, -0.05) is 0 Å². The standard InChI is InChI=1S/C18H13N2OSe/c21-17(14-8-2-1-3-9-14)20-18(22)19-16-12-6-10-13-7-4-5-11-15(13)16/h1-12H,(H,19,20,21). The summed E-state index contributed by atoms with van der Waals surface area (Å²) in [4.78, 5) is 16.6. The summed E-state index contributed by atoms with van der Waals surface area (Å²) in [6.45, 7) is 0. The number of aliphatic imine (C=N–C) groups is 1. The number of nitrogens with one attached hydrogen (secondary N) is 1. The van der Waals surface area contributed by atoms with Crippen LogP contribution in [0.1, 0.15) is 10.4 Å². The number of benzene rings is 3. The molecule has 0 saturated carbocycles. The molecule has 3 nitrogen and oxygen atoms in total. The average Bonchev–Trinajstić information content (AvgIpc) is 2.56. The number of fused-ring (bicyclic) bond motifs is 1. The molecule has 3 aromatic rings. The fourth-order valence-electron chi connectivity index (χ4n) is 2.20. The van der Waals surface area contributed by atoms with Gasteiger partial charge >= 0.3 is 137 Å². The zero-order chi connectivity index (χ0) is 15.4. The van der Waals surface area contributed by atoms with Gasteiger partial charge in [0.25, 0.3) is 0 Å². The number of nitrogens with zero attached hydrogens (tertiary/aromatic N) is 1. The minimum absolute atomic E-state index is 0.182. The summed E-state index contributed by atoms with van der Waals surface area (Å²) >= 11 is 2.81. The first-order chi connectivity index (χ1) is 10.7. The van der Waals surface area contributed by atoms with Gasteiger partial charge in [0.1, 0.15) is 0 Å². The average molecular weight is 352 g/mol. The van der Waals surface area contributed by atoms with E-state index < -0.39 is 0 Å². The Kier molecular flexibility index (Phi) is 4.33. The van der Waals surface area contributed by atoms with Crippen LogP contribution in [-0.2, 0) is 0 Å². The van der Waals surface area contributed by atoms with E-state index in [1.807, 2.05) is 60.7 Å². The molecule has 0 aromatic heterocycles. The van der Waals surface area contributed by atoms with Crippen LogP contribution in [0.5, 0.6) is 0 Å². The Bertz CT molecular complexity index is 839. The summed E-state index contributed by atoms with van der Waals surface area (Å²) in [6.07, 6.45) is 0. The molecule has 0 atom stereocenters. The van der Waals surface area contributed by atoms with Crippen molar-refractivity contribution in [1.29, 1.82) is 0 Å². The molecule has 0 aliphatic carbocycles. The van der Waals surface area contributed by atoms with Crippen LogP contribution in [0, 0.1) is 0 Å². The van der Waals surface area contributed by atoms with E-state index in [1.54, 1.807) is 12.1 Å². The van der Waals surface area contributed by atoms with E-state index in [0.29, 0.717) is 10.3 Å². The molecule has 0 fully saturated rings. The van der Waals surface area contributed by atoms with Crippen molar-refractivity contribution in [2.75, 3.05) is 0 Å². The fraction of sp³-hybridized carbons (Fsp3) is 0. The van der Waals surface area contributed by atoms with Crippen LogP contribution in [-0.4, -0.2) is 26.7 Å². The number of hydrogen-bond acceptors (Lipinski definition) is 2. The molecule has 1 amide bonds. The molecule has 3 aromatic carbocycles. The maximum atomic E-state index is 12.1. The Balaban J connectivity index is 1.86. The molecule has 0 saturated heterocycles. The van der Waals surface area contributed by atoms with Gasteiger partial charge < -0.3 is 0 Å². The minimum atomic E-state index is -0.182. The van der Waals surface area contributed by atoms with E-state index >= 15 is 0 Å². The molecule has 0 bridgehead atoms. The Morgan fingerprint density at radius 1 is 0.864 bits per heavy atom. The first-order valence-corrected chi connectivity index (χ1v) is 7.69. The van der Waals surface area contributed by atoms with Gasteiger partial charge in [0.05, 0.1) is 0 Å². The quantitative estimate of drug-likeness (QED) is 0.429. The molecule has 22 heavy (non-hydrogen) atoms. The summed E-state index contributed by atoms with van der Waals surface area (Å²) in [7, 11) is 0. The van der Waals surface area contributed by atoms with Gasteiger partial charge in [0.2, 0.25) is 0 Å². The van der Waals surface area contributed by atoms with Gasteiger partial charge in [-0.3, -0.25) is 0 Å². The number of amidine groups is 1. The van der Waals surface area contributed by atoms with Crippen molar-refractivity contribution in [2.24, 2.45) is 4.99 Å². The summed E-state index contributed by atoms with van der Waals surface area (Å²) in [5.74, 6) is -0.182. The third kappa shape index (κ3) is 3.25. The van der Waals surface area contributed by atoms with E-state index in [2.05, 4.69) is 26.3 Å². The van der Waals surface area contributed by atoms with E-state index in [-0.39, 0.29) is 5.91 Å². The summed E-state index contributed by atoms with van der Waals surface area (Å²) < 4.78 is 0.449. The first-order valence-electron chi connectivity index (χ1n) is 6.84. The van der Waals surface area contributed by atoms with Gasteiger partial charge in [-0.25, -0.2) is 0 Å². The second kappa shape index (κ2) is 6.56. The Labute approximate surface area is 136 Å². The van der Waals surface area contributed by atoms with Crippen molar-refractivity contribution >= 4 is 43.1 Å². The SMILES string of the molecule is O=C(NC([Se])=Nc1cccc2ccccc12)c1ccccc1. The van der Waals surface area contributed by atoms with E-state index in [9.17, 15) is 4.79 Å². The van der Waals surface area contributed by atoms with Crippen LogP contribution in [0.15, 0.2) is 77.8 Å². The number of hydrogen-bond donors (Lipinski definition) is 1. The normalized spacial score (nSPS) is 11.4. The molecule has 0 aliphatic rings. The zero-order valence-electron chi connectivity index (χ0n) is 11.7. The second-order valence-corrected chi connectivity index (χ2v) is 5.55. The van der Waals surface area contributed by atoms with E-state index in [1.165, 1.54) is 0 Å². The van der Waals surface area contributed by atoms with Crippen molar-refractivity contribution in [3.63, 3.8) is 0 Å². The summed E-state index contributed by atoms with van der Waals surface area (Å²) in [5.41, 5.74) is 1.42. The molecule has 0 spiro atoms. The molecule has 1 N–H and O–H groups in total. The molecule has 107 valence electrons. The molecule has 3 rings (SSSR count). The van der Waals surface area contributed by atoms with Crippen molar-refractivity contribution in [3.05, 3.63) is 78.4 Å². The van der Waals surface area contributed by atoms with Crippen LogP contribution in [0.3, 0.4) is 0 Å². The third-order valence-electron chi connectivity index (χ3n) is 3.25. The van der Waals surface area contributed by atoms with Gasteiger partial charge in [0, 0.05) is 0 Å². The Morgan fingerprint density at radius 3 is 2.36 bits per heavy atom. The van der Waals surface area contributed by atoms with Gasteiger partial charge in [0.15, 0.2) is 0 Å². The number of carbonyl (C=O) groups excluding carboxylic acids is 1. The van der Waals surface area contributed by atoms with Crippen molar-refractivity contribution in [2.45, 2.75) is 0 Å². The molecule has 0 unspecified atom stereocenters. The number of amides is 1. The monoisotopic (exact) mass is 353 g/mol. The molecule has 1 radical (unpaired) electrons. The van der Waals surface area contributed by atoms with Gasteiger partial charge in [-0.05, 0) is 0 Å². The van der Waals surface area contributed by atoms with Crippen molar-refractivity contribution < 1.29 is 4.79 Å².